The largest absolute Gasteiger partial charge is 0.323 e. The molecule has 1 unspecified atom stereocenters. The van der Waals surface area contributed by atoms with Crippen LogP contribution in [0.25, 0.3) is 0 Å². The summed E-state index contributed by atoms with van der Waals surface area (Å²) in [6, 6.07) is 16.9. The van der Waals surface area contributed by atoms with Gasteiger partial charge in [0.25, 0.3) is 0 Å². The summed E-state index contributed by atoms with van der Waals surface area (Å²) in [7, 11) is 0. The van der Waals surface area contributed by atoms with E-state index < -0.39 is 0 Å². The summed E-state index contributed by atoms with van der Waals surface area (Å²) in [5, 5.41) is 13.1. The topological polar surface area (TPSA) is 39.1 Å². The lowest BCUT2D eigenvalue weighted by molar-refractivity contribution is 0.483. The van der Waals surface area contributed by atoms with Crippen LogP contribution >= 0.6 is 11.8 Å². The first-order chi connectivity index (χ1) is 12.3. The van der Waals surface area contributed by atoms with Crippen molar-refractivity contribution >= 4 is 23.1 Å². The molecule has 2 aliphatic rings. The molecule has 0 aromatic heterocycles. The van der Waals surface area contributed by atoms with E-state index in [1.54, 1.807) is 11.8 Å². The van der Waals surface area contributed by atoms with Crippen LogP contribution in [0.5, 0.6) is 0 Å². The molecule has 1 atom stereocenters. The number of nitrogens with one attached hydrogen (secondary N) is 1. The summed E-state index contributed by atoms with van der Waals surface area (Å²) >= 11 is 1.79. The van der Waals surface area contributed by atoms with Gasteiger partial charge in [-0.15, -0.1) is 0 Å². The summed E-state index contributed by atoms with van der Waals surface area (Å²) < 4.78 is 0. The van der Waals surface area contributed by atoms with Gasteiger partial charge in [-0.25, -0.2) is 0 Å². The van der Waals surface area contributed by atoms with Crippen molar-refractivity contribution in [2.24, 2.45) is 5.92 Å². The molecule has 25 heavy (non-hydrogen) atoms. The molecule has 4 heteroatoms. The maximum atomic E-state index is 9.33. The fraction of sp³-hybridized carbons (Fsp3) is 0.381. The summed E-state index contributed by atoms with van der Waals surface area (Å²) in [5.41, 5.74) is 3.10. The van der Waals surface area contributed by atoms with Crippen molar-refractivity contribution in [3.05, 3.63) is 48.0 Å². The Labute approximate surface area is 154 Å². The van der Waals surface area contributed by atoms with E-state index in [2.05, 4.69) is 53.5 Å². The molecule has 2 aromatic rings. The third-order valence-electron chi connectivity index (χ3n) is 5.02. The minimum atomic E-state index is 0.244. The molecular formula is C21H23N3S. The highest BCUT2D eigenvalue weighted by Gasteiger charge is 2.29. The fourth-order valence-corrected chi connectivity index (χ4v) is 4.52. The highest BCUT2D eigenvalue weighted by Crippen LogP contribution is 2.49. The van der Waals surface area contributed by atoms with E-state index in [1.807, 2.05) is 12.1 Å². The number of benzene rings is 2. The van der Waals surface area contributed by atoms with E-state index in [-0.39, 0.29) is 6.17 Å². The molecule has 1 aliphatic heterocycles. The van der Waals surface area contributed by atoms with Gasteiger partial charge in [0, 0.05) is 9.79 Å². The Balaban J connectivity index is 1.69. The van der Waals surface area contributed by atoms with Gasteiger partial charge in [0.1, 0.15) is 0 Å². The van der Waals surface area contributed by atoms with Gasteiger partial charge in [-0.3, -0.25) is 5.32 Å². The van der Waals surface area contributed by atoms with Gasteiger partial charge in [-0.1, -0.05) is 43.7 Å². The van der Waals surface area contributed by atoms with Gasteiger partial charge in [0.15, 0.2) is 0 Å². The first-order valence-electron chi connectivity index (χ1n) is 9.13. The van der Waals surface area contributed by atoms with Crippen LogP contribution < -0.4 is 10.2 Å². The third-order valence-corrected chi connectivity index (χ3v) is 6.15. The summed E-state index contributed by atoms with van der Waals surface area (Å²) in [6.07, 6.45) is 5.33. The average Bonchev–Trinajstić information content (AvgIpc) is 3.48. The number of hydrogen-bond acceptors (Lipinski definition) is 4. The number of hydrogen-bond donors (Lipinski definition) is 1. The molecule has 0 bridgehead atoms. The van der Waals surface area contributed by atoms with E-state index in [4.69, 9.17) is 0 Å². The minimum Gasteiger partial charge on any atom is -0.323 e. The molecule has 3 nitrogen and oxygen atoms in total. The lowest BCUT2D eigenvalue weighted by atomic mass is 10.1. The maximum Gasteiger partial charge on any atom is 0.0992 e. The minimum absolute atomic E-state index is 0.244. The highest BCUT2D eigenvalue weighted by atomic mass is 32.2. The molecule has 2 aromatic carbocycles. The van der Waals surface area contributed by atoms with Crippen LogP contribution in [0, 0.1) is 17.2 Å². The Kier molecular flexibility index (Phi) is 4.70. The van der Waals surface area contributed by atoms with Crippen molar-refractivity contribution in [3.8, 4) is 6.07 Å². The Bertz CT molecular complexity index is 807. The molecule has 1 saturated carbocycles. The molecular weight excluding hydrogens is 326 g/mol. The number of anilines is 2. The standard InChI is InChI=1S/C21H23N3S/c1-2-21(23-12-11-15-7-8-15)24-17-5-3-4-6-19(17)25-20-10-9-16(14-22)13-18(20)24/h3-6,9-10,13,15,21,23H,2,7-8,11-12H2,1H3. The normalized spacial score (nSPS) is 16.7. The quantitative estimate of drug-likeness (QED) is 0.769. The fourth-order valence-electron chi connectivity index (χ4n) is 3.47. The SMILES string of the molecule is CCC(NCCC1CC1)N1c2ccccc2Sc2ccc(C#N)cc21. The van der Waals surface area contributed by atoms with Gasteiger partial charge in [0.05, 0.1) is 29.2 Å². The van der Waals surface area contributed by atoms with E-state index in [9.17, 15) is 5.26 Å². The molecule has 0 spiro atoms. The Morgan fingerprint density at radius 3 is 2.76 bits per heavy atom. The molecule has 1 N–H and O–H groups in total. The van der Waals surface area contributed by atoms with Crippen LogP contribution in [0.1, 0.15) is 38.2 Å². The van der Waals surface area contributed by atoms with Crippen molar-refractivity contribution < 1.29 is 0 Å². The third kappa shape index (κ3) is 3.40. The lowest BCUT2D eigenvalue weighted by Crippen LogP contribution is -2.44. The molecule has 1 aliphatic carbocycles. The molecule has 0 amide bonds. The number of fused-ring (bicyclic) bond motifs is 2. The number of rotatable bonds is 6. The Morgan fingerprint density at radius 2 is 2.00 bits per heavy atom. The number of nitrogens with zero attached hydrogens (tertiary/aromatic N) is 2. The van der Waals surface area contributed by atoms with E-state index in [1.165, 1.54) is 34.7 Å². The number of nitriles is 1. The van der Waals surface area contributed by atoms with Gasteiger partial charge in [0.2, 0.25) is 0 Å². The predicted molar refractivity (Wildman–Crippen MR) is 103 cm³/mol. The molecule has 1 fully saturated rings. The van der Waals surface area contributed by atoms with Crippen LogP contribution in [-0.2, 0) is 0 Å². The highest BCUT2D eigenvalue weighted by molar-refractivity contribution is 7.99. The summed E-state index contributed by atoms with van der Waals surface area (Å²) in [4.78, 5) is 4.90. The van der Waals surface area contributed by atoms with Crippen LogP contribution in [0.4, 0.5) is 11.4 Å². The monoisotopic (exact) mass is 349 g/mol. The molecule has 1 heterocycles. The first kappa shape index (κ1) is 16.5. The van der Waals surface area contributed by atoms with Crippen LogP contribution in [-0.4, -0.2) is 12.7 Å². The van der Waals surface area contributed by atoms with Crippen molar-refractivity contribution in [2.75, 3.05) is 11.4 Å². The summed E-state index contributed by atoms with van der Waals surface area (Å²) in [5.74, 6) is 0.937. The van der Waals surface area contributed by atoms with E-state index in [0.29, 0.717) is 0 Å². The Hall–Kier alpha value is -1.96. The van der Waals surface area contributed by atoms with Crippen molar-refractivity contribution in [3.63, 3.8) is 0 Å². The van der Waals surface area contributed by atoms with Gasteiger partial charge < -0.3 is 4.90 Å². The van der Waals surface area contributed by atoms with E-state index >= 15 is 0 Å². The maximum absolute atomic E-state index is 9.33. The second-order valence-corrected chi connectivity index (χ2v) is 7.93. The molecule has 4 rings (SSSR count). The molecule has 0 saturated heterocycles. The van der Waals surface area contributed by atoms with Gasteiger partial charge in [-0.05, 0) is 55.6 Å². The number of para-hydroxylation sites is 1. The van der Waals surface area contributed by atoms with Crippen LogP contribution in [0.15, 0.2) is 52.3 Å². The average molecular weight is 350 g/mol. The molecule has 128 valence electrons. The smallest absolute Gasteiger partial charge is 0.0992 e. The second kappa shape index (κ2) is 7.11. The zero-order valence-corrected chi connectivity index (χ0v) is 15.4. The summed E-state index contributed by atoms with van der Waals surface area (Å²) in [6.45, 7) is 3.29. The zero-order valence-electron chi connectivity index (χ0n) is 14.5. The predicted octanol–water partition coefficient (Wildman–Crippen LogP) is 5.29. The Morgan fingerprint density at radius 1 is 1.20 bits per heavy atom. The van der Waals surface area contributed by atoms with Crippen molar-refractivity contribution in [2.45, 2.75) is 48.6 Å². The van der Waals surface area contributed by atoms with Crippen molar-refractivity contribution in [1.29, 1.82) is 5.26 Å². The zero-order chi connectivity index (χ0) is 17.2. The van der Waals surface area contributed by atoms with Crippen LogP contribution in [0.2, 0.25) is 0 Å². The van der Waals surface area contributed by atoms with Crippen molar-refractivity contribution in [1.82, 2.24) is 5.32 Å². The second-order valence-electron chi connectivity index (χ2n) is 6.84. The lowest BCUT2D eigenvalue weighted by Gasteiger charge is -2.39. The molecule has 0 radical (unpaired) electrons. The first-order valence-corrected chi connectivity index (χ1v) is 9.95. The van der Waals surface area contributed by atoms with Gasteiger partial charge >= 0.3 is 0 Å². The van der Waals surface area contributed by atoms with Gasteiger partial charge in [-0.2, -0.15) is 5.26 Å². The van der Waals surface area contributed by atoms with E-state index in [0.717, 1.165) is 30.1 Å². The van der Waals surface area contributed by atoms with Crippen LogP contribution in [0.3, 0.4) is 0 Å².